The summed E-state index contributed by atoms with van der Waals surface area (Å²) < 4.78 is 5.85. The number of fused-ring (bicyclic) bond motifs is 5. The van der Waals surface area contributed by atoms with Crippen LogP contribution in [0.2, 0.25) is 0 Å². The van der Waals surface area contributed by atoms with Gasteiger partial charge in [0.25, 0.3) is 0 Å². The molecular formula is C22H36O2. The van der Waals surface area contributed by atoms with E-state index in [0.717, 1.165) is 30.3 Å². The number of epoxide rings is 1. The van der Waals surface area contributed by atoms with Crippen LogP contribution in [0, 0.1) is 40.4 Å². The summed E-state index contributed by atoms with van der Waals surface area (Å²) in [5.74, 6) is 4.20. The van der Waals surface area contributed by atoms with Crippen molar-refractivity contribution in [2.45, 2.75) is 90.3 Å². The summed E-state index contributed by atoms with van der Waals surface area (Å²) in [6.07, 6.45) is 12.3. The fourth-order valence-corrected chi connectivity index (χ4v) is 8.60. The Hall–Kier alpha value is -0.0800. The van der Waals surface area contributed by atoms with Gasteiger partial charge in [-0.15, -0.1) is 0 Å². The van der Waals surface area contributed by atoms with Crippen molar-refractivity contribution in [1.82, 2.24) is 0 Å². The van der Waals surface area contributed by atoms with E-state index in [1.165, 1.54) is 57.8 Å². The molecular weight excluding hydrogens is 296 g/mol. The lowest BCUT2D eigenvalue weighted by atomic mass is 9.43. The van der Waals surface area contributed by atoms with Gasteiger partial charge in [0.05, 0.1) is 18.3 Å². The summed E-state index contributed by atoms with van der Waals surface area (Å²) in [5.41, 5.74) is 1.30. The molecule has 0 bridgehead atoms. The van der Waals surface area contributed by atoms with Gasteiger partial charge in [0.15, 0.2) is 0 Å². The van der Waals surface area contributed by atoms with Gasteiger partial charge in [-0.3, -0.25) is 0 Å². The minimum absolute atomic E-state index is 0.123. The highest BCUT2D eigenvalue weighted by Crippen LogP contribution is 2.70. The van der Waals surface area contributed by atoms with Gasteiger partial charge in [-0.1, -0.05) is 13.8 Å². The topological polar surface area (TPSA) is 32.8 Å². The second kappa shape index (κ2) is 5.00. The molecule has 4 aliphatic carbocycles. The van der Waals surface area contributed by atoms with Crippen molar-refractivity contribution in [2.24, 2.45) is 40.4 Å². The Balaban J connectivity index is 1.42. The monoisotopic (exact) mass is 332 g/mol. The first kappa shape index (κ1) is 16.1. The summed E-state index contributed by atoms with van der Waals surface area (Å²) in [6.45, 7) is 8.28. The Morgan fingerprint density at radius 1 is 0.875 bits per heavy atom. The summed E-state index contributed by atoms with van der Waals surface area (Å²) in [6, 6.07) is 0. The molecule has 0 radical (unpaired) electrons. The van der Waals surface area contributed by atoms with Crippen LogP contribution in [-0.4, -0.2) is 23.4 Å². The molecule has 0 aromatic carbocycles. The van der Waals surface area contributed by atoms with Gasteiger partial charge in [0.2, 0.25) is 0 Å². The maximum atomic E-state index is 10.4. The van der Waals surface area contributed by atoms with Crippen LogP contribution in [-0.2, 0) is 4.74 Å². The SMILES string of the molecule is CC(O)C1CC[C@H]2C3CC[C@H]4CC5(CCC4[C@@]3(C)CC[C@]12C)CO5. The zero-order chi connectivity index (χ0) is 16.7. The molecule has 0 amide bonds. The predicted molar refractivity (Wildman–Crippen MR) is 95.6 cm³/mol. The van der Waals surface area contributed by atoms with Gasteiger partial charge in [-0.05, 0) is 105 Å². The van der Waals surface area contributed by atoms with Crippen molar-refractivity contribution in [3.8, 4) is 0 Å². The quantitative estimate of drug-likeness (QED) is 0.700. The molecule has 1 spiro atoms. The normalized spacial score (nSPS) is 60.2. The van der Waals surface area contributed by atoms with Crippen LogP contribution in [0.3, 0.4) is 0 Å². The van der Waals surface area contributed by atoms with Crippen LogP contribution >= 0.6 is 0 Å². The Kier molecular flexibility index (Phi) is 3.36. The van der Waals surface area contributed by atoms with E-state index in [2.05, 4.69) is 13.8 Å². The third kappa shape index (κ3) is 2.02. The third-order valence-corrected chi connectivity index (χ3v) is 9.96. The van der Waals surface area contributed by atoms with Crippen molar-refractivity contribution < 1.29 is 9.84 Å². The van der Waals surface area contributed by atoms with Gasteiger partial charge in [-0.2, -0.15) is 0 Å². The molecule has 136 valence electrons. The van der Waals surface area contributed by atoms with E-state index in [-0.39, 0.29) is 6.10 Å². The lowest BCUT2D eigenvalue weighted by molar-refractivity contribution is -0.137. The zero-order valence-electron chi connectivity index (χ0n) is 15.9. The van der Waals surface area contributed by atoms with Gasteiger partial charge in [0.1, 0.15) is 0 Å². The van der Waals surface area contributed by atoms with E-state index in [0.29, 0.717) is 22.3 Å². The third-order valence-electron chi connectivity index (χ3n) is 9.96. The minimum atomic E-state index is -0.123. The molecule has 9 atom stereocenters. The standard InChI is InChI=1S/C22H36O2/c1-14(23)16-6-7-19-18-5-4-15-12-22(13-24-22)9-8-17(15)21(18,3)11-10-20(16,19)2/h14-19,23H,4-13H2,1-3H3/t14?,15-,16?,17?,18?,19-,20+,21+,22?/m0/s1. The van der Waals surface area contributed by atoms with Crippen molar-refractivity contribution in [3.63, 3.8) is 0 Å². The van der Waals surface area contributed by atoms with Crippen molar-refractivity contribution in [3.05, 3.63) is 0 Å². The number of aliphatic hydroxyl groups excluding tert-OH is 1. The maximum Gasteiger partial charge on any atom is 0.0919 e. The predicted octanol–water partition coefficient (Wildman–Crippen LogP) is 4.80. The molecule has 5 unspecified atom stereocenters. The summed E-state index contributed by atoms with van der Waals surface area (Å²) >= 11 is 0. The second-order valence-corrected chi connectivity index (χ2v) is 10.8. The van der Waals surface area contributed by atoms with Gasteiger partial charge in [0, 0.05) is 0 Å². The highest BCUT2D eigenvalue weighted by atomic mass is 16.6. The lowest BCUT2D eigenvalue weighted by Gasteiger charge is -2.62. The van der Waals surface area contributed by atoms with E-state index in [1.807, 2.05) is 6.92 Å². The summed E-state index contributed by atoms with van der Waals surface area (Å²) in [7, 11) is 0. The van der Waals surface area contributed by atoms with Crippen LogP contribution < -0.4 is 0 Å². The molecule has 0 aromatic rings. The molecule has 1 aliphatic heterocycles. The largest absolute Gasteiger partial charge is 0.393 e. The van der Waals surface area contributed by atoms with Crippen molar-refractivity contribution in [1.29, 1.82) is 0 Å². The Morgan fingerprint density at radius 3 is 2.25 bits per heavy atom. The number of ether oxygens (including phenoxy) is 1. The molecule has 5 rings (SSSR count). The van der Waals surface area contributed by atoms with Crippen LogP contribution in [0.5, 0.6) is 0 Å². The first-order valence-corrected chi connectivity index (χ1v) is 10.7. The van der Waals surface area contributed by atoms with E-state index in [1.54, 1.807) is 0 Å². The molecule has 24 heavy (non-hydrogen) atoms. The fourth-order valence-electron chi connectivity index (χ4n) is 8.60. The van der Waals surface area contributed by atoms with E-state index in [9.17, 15) is 5.11 Å². The van der Waals surface area contributed by atoms with E-state index >= 15 is 0 Å². The van der Waals surface area contributed by atoms with E-state index in [4.69, 9.17) is 4.74 Å². The molecule has 1 saturated heterocycles. The molecule has 4 saturated carbocycles. The number of hydrogen-bond donors (Lipinski definition) is 1. The Labute approximate surface area is 147 Å². The summed E-state index contributed by atoms with van der Waals surface area (Å²) in [5, 5.41) is 10.4. The van der Waals surface area contributed by atoms with Crippen LogP contribution in [0.4, 0.5) is 0 Å². The lowest BCUT2D eigenvalue weighted by Crippen LogP contribution is -2.55. The fraction of sp³-hybridized carbons (Fsp3) is 1.00. The van der Waals surface area contributed by atoms with Gasteiger partial charge >= 0.3 is 0 Å². The first-order valence-electron chi connectivity index (χ1n) is 10.7. The van der Waals surface area contributed by atoms with Crippen LogP contribution in [0.1, 0.15) is 78.6 Å². The van der Waals surface area contributed by atoms with Crippen molar-refractivity contribution in [2.75, 3.05) is 6.61 Å². The highest BCUT2D eigenvalue weighted by molar-refractivity contribution is 5.13. The second-order valence-electron chi connectivity index (χ2n) is 10.8. The molecule has 0 aromatic heterocycles. The van der Waals surface area contributed by atoms with Crippen LogP contribution in [0.15, 0.2) is 0 Å². The minimum Gasteiger partial charge on any atom is -0.393 e. The van der Waals surface area contributed by atoms with Crippen LogP contribution in [0.25, 0.3) is 0 Å². The molecule has 1 N–H and O–H groups in total. The van der Waals surface area contributed by atoms with Gasteiger partial charge < -0.3 is 9.84 Å². The Morgan fingerprint density at radius 2 is 1.54 bits per heavy atom. The van der Waals surface area contributed by atoms with E-state index < -0.39 is 0 Å². The average Bonchev–Trinajstić information content (AvgIpc) is 3.17. The number of rotatable bonds is 1. The van der Waals surface area contributed by atoms with Gasteiger partial charge in [-0.25, -0.2) is 0 Å². The highest BCUT2D eigenvalue weighted by Gasteiger charge is 2.63. The average molecular weight is 333 g/mol. The maximum absolute atomic E-state index is 10.4. The zero-order valence-corrected chi connectivity index (χ0v) is 15.9. The molecule has 1 heterocycles. The molecule has 5 aliphatic rings. The molecule has 2 heteroatoms. The smallest absolute Gasteiger partial charge is 0.0919 e. The molecule has 5 fully saturated rings. The number of hydrogen-bond acceptors (Lipinski definition) is 2. The number of aliphatic hydroxyl groups is 1. The Bertz CT molecular complexity index is 524. The first-order chi connectivity index (χ1) is 11.4. The van der Waals surface area contributed by atoms with Crippen molar-refractivity contribution >= 4 is 0 Å². The molecule has 2 nitrogen and oxygen atoms in total. The summed E-state index contributed by atoms with van der Waals surface area (Å²) in [4.78, 5) is 0.